The van der Waals surface area contributed by atoms with E-state index in [1.54, 1.807) is 12.1 Å². The van der Waals surface area contributed by atoms with Gasteiger partial charge in [0.2, 0.25) is 0 Å². The number of methoxy groups -OCH3 is 1. The number of halogens is 3. The molecule has 0 bridgehead atoms. The monoisotopic (exact) mass is 358 g/mol. The van der Waals surface area contributed by atoms with Gasteiger partial charge in [-0.05, 0) is 62.0 Å². The highest BCUT2D eigenvalue weighted by molar-refractivity contribution is 5.43. The van der Waals surface area contributed by atoms with Crippen LogP contribution in [-0.4, -0.2) is 51.0 Å². The predicted molar refractivity (Wildman–Crippen MR) is 89.0 cm³/mol. The van der Waals surface area contributed by atoms with Crippen LogP contribution in [0.3, 0.4) is 0 Å². The van der Waals surface area contributed by atoms with E-state index in [1.807, 2.05) is 6.07 Å². The van der Waals surface area contributed by atoms with Crippen molar-refractivity contribution in [3.8, 4) is 11.5 Å². The summed E-state index contributed by atoms with van der Waals surface area (Å²) in [6.45, 7) is 3.80. The maximum absolute atomic E-state index is 12.3. The molecule has 0 aliphatic carbocycles. The predicted octanol–water partition coefficient (Wildman–Crippen LogP) is 3.21. The third kappa shape index (κ3) is 4.79. The lowest BCUT2D eigenvalue weighted by Crippen LogP contribution is -2.38. The summed E-state index contributed by atoms with van der Waals surface area (Å²) < 4.78 is 47.0. The second-order valence-corrected chi connectivity index (χ2v) is 7.10. The molecular weight excluding hydrogens is 333 g/mol. The van der Waals surface area contributed by atoms with E-state index >= 15 is 0 Å². The Labute approximate surface area is 146 Å². The van der Waals surface area contributed by atoms with Crippen molar-refractivity contribution in [2.45, 2.75) is 32.0 Å². The Kier molecular flexibility index (Phi) is 5.43. The number of rotatable bonds is 5. The molecule has 140 valence electrons. The second-order valence-electron chi connectivity index (χ2n) is 7.10. The van der Waals surface area contributed by atoms with Crippen molar-refractivity contribution in [3.05, 3.63) is 23.8 Å². The van der Waals surface area contributed by atoms with Crippen molar-refractivity contribution >= 4 is 0 Å². The van der Waals surface area contributed by atoms with E-state index in [9.17, 15) is 13.2 Å². The highest BCUT2D eigenvalue weighted by Crippen LogP contribution is 2.39. The van der Waals surface area contributed by atoms with Crippen LogP contribution in [0.5, 0.6) is 11.5 Å². The van der Waals surface area contributed by atoms with Crippen molar-refractivity contribution in [2.75, 3.05) is 39.9 Å². The SMILES string of the molecule is COc1cc(CN2CCC3(CCNCC3)C2)ccc1OCC(F)(F)F. The van der Waals surface area contributed by atoms with E-state index in [0.717, 1.165) is 38.3 Å². The number of hydrogen-bond donors (Lipinski definition) is 1. The molecule has 0 amide bonds. The normalized spacial score (nSPS) is 20.8. The second kappa shape index (κ2) is 7.41. The van der Waals surface area contributed by atoms with Crippen LogP contribution in [0.1, 0.15) is 24.8 Å². The highest BCUT2D eigenvalue weighted by atomic mass is 19.4. The first kappa shape index (κ1) is 18.3. The summed E-state index contributed by atoms with van der Waals surface area (Å²) in [5, 5.41) is 3.42. The van der Waals surface area contributed by atoms with E-state index in [-0.39, 0.29) is 5.75 Å². The summed E-state index contributed by atoms with van der Waals surface area (Å²) in [5.74, 6) is 0.470. The lowest BCUT2D eigenvalue weighted by Gasteiger charge is -2.34. The van der Waals surface area contributed by atoms with Crippen molar-refractivity contribution in [1.29, 1.82) is 0 Å². The van der Waals surface area contributed by atoms with Crippen molar-refractivity contribution in [1.82, 2.24) is 10.2 Å². The fourth-order valence-corrected chi connectivity index (χ4v) is 3.88. The van der Waals surface area contributed by atoms with Crippen LogP contribution in [-0.2, 0) is 6.54 Å². The largest absolute Gasteiger partial charge is 0.493 e. The Bertz CT molecular complexity index is 586. The third-order valence-corrected chi connectivity index (χ3v) is 5.21. The molecule has 2 aliphatic heterocycles. The minimum Gasteiger partial charge on any atom is -0.493 e. The zero-order valence-electron chi connectivity index (χ0n) is 14.5. The smallest absolute Gasteiger partial charge is 0.422 e. The first-order valence-electron chi connectivity index (χ1n) is 8.69. The van der Waals surface area contributed by atoms with Crippen LogP contribution in [0.15, 0.2) is 18.2 Å². The van der Waals surface area contributed by atoms with E-state index in [0.29, 0.717) is 11.2 Å². The minimum absolute atomic E-state index is 0.125. The summed E-state index contributed by atoms with van der Waals surface area (Å²) >= 11 is 0. The Morgan fingerprint density at radius 1 is 1.16 bits per heavy atom. The van der Waals surface area contributed by atoms with Gasteiger partial charge in [-0.2, -0.15) is 13.2 Å². The van der Waals surface area contributed by atoms with Crippen LogP contribution < -0.4 is 14.8 Å². The molecule has 2 heterocycles. The molecule has 1 aromatic rings. The van der Waals surface area contributed by atoms with Gasteiger partial charge >= 0.3 is 6.18 Å². The van der Waals surface area contributed by atoms with Gasteiger partial charge in [-0.25, -0.2) is 0 Å². The van der Waals surface area contributed by atoms with E-state index in [2.05, 4.69) is 10.2 Å². The van der Waals surface area contributed by atoms with E-state index in [4.69, 9.17) is 9.47 Å². The zero-order chi connectivity index (χ0) is 17.9. The van der Waals surface area contributed by atoms with Gasteiger partial charge in [-0.3, -0.25) is 4.90 Å². The number of nitrogens with zero attached hydrogens (tertiary/aromatic N) is 1. The molecule has 25 heavy (non-hydrogen) atoms. The number of nitrogens with one attached hydrogen (secondary N) is 1. The molecule has 0 saturated carbocycles. The lowest BCUT2D eigenvalue weighted by atomic mass is 9.78. The van der Waals surface area contributed by atoms with Crippen LogP contribution >= 0.6 is 0 Å². The summed E-state index contributed by atoms with van der Waals surface area (Å²) in [6.07, 6.45) is -0.699. The molecular formula is C18H25F3N2O2. The third-order valence-electron chi connectivity index (χ3n) is 5.21. The van der Waals surface area contributed by atoms with Gasteiger partial charge < -0.3 is 14.8 Å². The molecule has 3 rings (SSSR count). The topological polar surface area (TPSA) is 33.7 Å². The molecule has 1 N–H and O–H groups in total. The van der Waals surface area contributed by atoms with Gasteiger partial charge in [0.25, 0.3) is 0 Å². The van der Waals surface area contributed by atoms with E-state index < -0.39 is 12.8 Å². The van der Waals surface area contributed by atoms with Crippen LogP contribution in [0, 0.1) is 5.41 Å². The Hall–Kier alpha value is -1.47. The Morgan fingerprint density at radius 3 is 2.60 bits per heavy atom. The highest BCUT2D eigenvalue weighted by Gasteiger charge is 2.38. The van der Waals surface area contributed by atoms with Gasteiger partial charge in [0.05, 0.1) is 7.11 Å². The summed E-state index contributed by atoms with van der Waals surface area (Å²) in [4.78, 5) is 2.43. The Balaban J connectivity index is 1.61. The molecule has 0 atom stereocenters. The van der Waals surface area contributed by atoms with E-state index in [1.165, 1.54) is 26.4 Å². The van der Waals surface area contributed by atoms with Gasteiger partial charge in [0.15, 0.2) is 18.1 Å². The number of hydrogen-bond acceptors (Lipinski definition) is 4. The lowest BCUT2D eigenvalue weighted by molar-refractivity contribution is -0.153. The van der Waals surface area contributed by atoms with Gasteiger partial charge in [0.1, 0.15) is 0 Å². The summed E-state index contributed by atoms with van der Waals surface area (Å²) in [7, 11) is 1.44. The number of likely N-dealkylation sites (tertiary alicyclic amines) is 1. The minimum atomic E-state index is -4.36. The molecule has 2 saturated heterocycles. The number of ether oxygens (including phenoxy) is 2. The molecule has 0 aromatic heterocycles. The quantitative estimate of drug-likeness (QED) is 0.876. The Morgan fingerprint density at radius 2 is 1.92 bits per heavy atom. The summed E-state index contributed by atoms with van der Waals surface area (Å²) in [5.41, 5.74) is 1.47. The zero-order valence-corrected chi connectivity index (χ0v) is 14.5. The molecule has 0 radical (unpaired) electrons. The molecule has 1 aromatic carbocycles. The van der Waals surface area contributed by atoms with Crippen LogP contribution in [0.25, 0.3) is 0 Å². The van der Waals surface area contributed by atoms with Gasteiger partial charge in [-0.1, -0.05) is 6.07 Å². The van der Waals surface area contributed by atoms with Crippen molar-refractivity contribution in [2.24, 2.45) is 5.41 Å². The fourth-order valence-electron chi connectivity index (χ4n) is 3.88. The number of piperidine rings is 1. The number of benzene rings is 1. The average molecular weight is 358 g/mol. The molecule has 2 fully saturated rings. The van der Waals surface area contributed by atoms with Crippen LogP contribution in [0.2, 0.25) is 0 Å². The molecule has 2 aliphatic rings. The van der Waals surface area contributed by atoms with Crippen LogP contribution in [0.4, 0.5) is 13.2 Å². The fraction of sp³-hybridized carbons (Fsp3) is 0.667. The van der Waals surface area contributed by atoms with Crippen molar-refractivity contribution in [3.63, 3.8) is 0 Å². The molecule has 4 nitrogen and oxygen atoms in total. The van der Waals surface area contributed by atoms with Gasteiger partial charge in [0, 0.05) is 13.1 Å². The first-order chi connectivity index (χ1) is 11.9. The maximum atomic E-state index is 12.3. The average Bonchev–Trinajstić information content (AvgIpc) is 2.95. The maximum Gasteiger partial charge on any atom is 0.422 e. The molecule has 1 spiro atoms. The molecule has 0 unspecified atom stereocenters. The number of alkyl halides is 3. The van der Waals surface area contributed by atoms with Crippen molar-refractivity contribution < 1.29 is 22.6 Å². The summed E-state index contributed by atoms with van der Waals surface area (Å²) in [6, 6.07) is 5.16. The van der Waals surface area contributed by atoms with Gasteiger partial charge in [-0.15, -0.1) is 0 Å². The first-order valence-corrected chi connectivity index (χ1v) is 8.69. The molecule has 7 heteroatoms. The standard InChI is InChI=1S/C18H25F3N2O2/c1-24-16-10-14(2-3-15(16)25-13-18(19,20)21)11-23-9-6-17(12-23)4-7-22-8-5-17/h2-3,10,22H,4-9,11-13H2,1H3.